The Kier molecular flexibility index (Phi) is 4.91. The predicted octanol–water partition coefficient (Wildman–Crippen LogP) is 2.17. The van der Waals surface area contributed by atoms with Crippen molar-refractivity contribution in [3.8, 4) is 12.3 Å². The molecule has 9 heavy (non-hydrogen) atoms. The van der Waals surface area contributed by atoms with Gasteiger partial charge < -0.3 is 0 Å². The molecule has 0 aromatic carbocycles. The van der Waals surface area contributed by atoms with Crippen LogP contribution in [0.1, 0.15) is 13.3 Å². The number of hydrogen-bond acceptors (Lipinski definition) is 0. The molecule has 0 fully saturated rings. The van der Waals surface area contributed by atoms with E-state index < -0.39 is 0 Å². The molecule has 0 aliphatic carbocycles. The highest BCUT2D eigenvalue weighted by molar-refractivity contribution is 5.08. The summed E-state index contributed by atoms with van der Waals surface area (Å²) < 4.78 is 11.7. The fourth-order valence-corrected chi connectivity index (χ4v) is 0.431. The first-order valence-electron chi connectivity index (χ1n) is 2.98. The quantitative estimate of drug-likeness (QED) is 0.508. The third-order valence-corrected chi connectivity index (χ3v) is 1.02. The number of rotatable bonds is 3. The molecule has 0 N–H and O–H groups in total. The minimum atomic E-state index is -0.269. The van der Waals surface area contributed by atoms with Gasteiger partial charge in [0.05, 0.1) is 6.67 Å². The van der Waals surface area contributed by atoms with E-state index in [0.717, 1.165) is 6.42 Å². The Balaban J connectivity index is 3.28. The average molecular weight is 126 g/mol. The number of alkyl halides is 1. The Bertz CT molecular complexity index is 119. The zero-order valence-electron chi connectivity index (χ0n) is 5.60. The van der Waals surface area contributed by atoms with E-state index in [1.807, 2.05) is 13.0 Å². The lowest BCUT2D eigenvalue weighted by molar-refractivity contribution is 0.385. The van der Waals surface area contributed by atoms with Gasteiger partial charge >= 0.3 is 0 Å². The molecule has 0 radical (unpaired) electrons. The molecule has 1 atom stereocenters. The molecule has 1 heteroatoms. The normalized spacial score (nSPS) is 13.4. The topological polar surface area (TPSA) is 0 Å². The van der Waals surface area contributed by atoms with Crippen molar-refractivity contribution < 1.29 is 4.39 Å². The van der Waals surface area contributed by atoms with Crippen molar-refractivity contribution in [3.05, 3.63) is 12.2 Å². The van der Waals surface area contributed by atoms with Crippen LogP contribution in [-0.2, 0) is 0 Å². The molecular formula is C8H11F. The Labute approximate surface area is 55.8 Å². The van der Waals surface area contributed by atoms with Crippen LogP contribution in [0.15, 0.2) is 12.2 Å². The SMILES string of the molecule is C#C/C=C\C[C@@H](C)CF. The molecule has 0 spiro atoms. The molecule has 0 aromatic heterocycles. The van der Waals surface area contributed by atoms with Gasteiger partial charge in [0, 0.05) is 0 Å². The highest BCUT2D eigenvalue weighted by Gasteiger charge is 1.94. The highest BCUT2D eigenvalue weighted by atomic mass is 19.1. The number of halogens is 1. The molecule has 0 rings (SSSR count). The molecule has 0 aliphatic heterocycles. The number of hydrogen-bond donors (Lipinski definition) is 0. The van der Waals surface area contributed by atoms with Crippen LogP contribution < -0.4 is 0 Å². The lowest BCUT2D eigenvalue weighted by Crippen LogP contribution is -1.92. The third kappa shape index (κ3) is 5.10. The van der Waals surface area contributed by atoms with E-state index in [0.29, 0.717) is 0 Å². The van der Waals surface area contributed by atoms with E-state index in [2.05, 4.69) is 5.92 Å². The summed E-state index contributed by atoms with van der Waals surface area (Å²) in [6.07, 6.45) is 9.08. The molecule has 0 aliphatic rings. The first-order chi connectivity index (χ1) is 4.31. The van der Waals surface area contributed by atoms with E-state index in [1.165, 1.54) is 0 Å². The largest absolute Gasteiger partial charge is 0.251 e. The summed E-state index contributed by atoms with van der Waals surface area (Å²) >= 11 is 0. The molecule has 0 saturated carbocycles. The molecule has 0 heterocycles. The second-order valence-electron chi connectivity index (χ2n) is 2.06. The van der Waals surface area contributed by atoms with Gasteiger partial charge in [-0.1, -0.05) is 18.9 Å². The highest BCUT2D eigenvalue weighted by Crippen LogP contribution is 2.01. The van der Waals surface area contributed by atoms with Crippen LogP contribution in [0, 0.1) is 18.3 Å². The molecule has 0 aromatic rings. The standard InChI is InChI=1S/C8H11F/c1-3-4-5-6-8(2)7-9/h1,4-5,8H,6-7H2,2H3/b5-4-/t8-/m1/s1. The van der Waals surface area contributed by atoms with Crippen molar-refractivity contribution in [2.24, 2.45) is 5.92 Å². The Morgan fingerprint density at radius 3 is 2.89 bits per heavy atom. The zero-order chi connectivity index (χ0) is 7.11. The van der Waals surface area contributed by atoms with Crippen molar-refractivity contribution in [3.63, 3.8) is 0 Å². The van der Waals surface area contributed by atoms with E-state index in [4.69, 9.17) is 6.42 Å². The Hall–Kier alpha value is -0.770. The van der Waals surface area contributed by atoms with Crippen LogP contribution in [0.3, 0.4) is 0 Å². The monoisotopic (exact) mass is 126 g/mol. The maximum atomic E-state index is 11.7. The minimum Gasteiger partial charge on any atom is -0.251 e. The van der Waals surface area contributed by atoms with Crippen molar-refractivity contribution in [1.82, 2.24) is 0 Å². The van der Waals surface area contributed by atoms with E-state index in [-0.39, 0.29) is 12.6 Å². The van der Waals surface area contributed by atoms with Crippen LogP contribution in [-0.4, -0.2) is 6.67 Å². The zero-order valence-corrected chi connectivity index (χ0v) is 5.60. The average Bonchev–Trinajstić information content (AvgIpc) is 1.89. The van der Waals surface area contributed by atoms with Crippen LogP contribution in [0.5, 0.6) is 0 Å². The van der Waals surface area contributed by atoms with Crippen molar-refractivity contribution >= 4 is 0 Å². The van der Waals surface area contributed by atoms with Crippen LogP contribution in [0.4, 0.5) is 4.39 Å². The van der Waals surface area contributed by atoms with Gasteiger partial charge in [-0.2, -0.15) is 0 Å². The fourth-order valence-electron chi connectivity index (χ4n) is 0.431. The summed E-state index contributed by atoms with van der Waals surface area (Å²) in [5, 5.41) is 0. The molecule has 0 unspecified atom stereocenters. The smallest absolute Gasteiger partial charge is 0.0922 e. The maximum Gasteiger partial charge on any atom is 0.0922 e. The Morgan fingerprint density at radius 1 is 1.78 bits per heavy atom. The first kappa shape index (κ1) is 8.23. The van der Waals surface area contributed by atoms with Crippen LogP contribution in [0.25, 0.3) is 0 Å². The number of allylic oxidation sites excluding steroid dienone is 2. The van der Waals surface area contributed by atoms with E-state index in [9.17, 15) is 4.39 Å². The third-order valence-electron chi connectivity index (χ3n) is 1.02. The van der Waals surface area contributed by atoms with Gasteiger partial charge in [-0.15, -0.1) is 6.42 Å². The molecule has 50 valence electrons. The lowest BCUT2D eigenvalue weighted by atomic mass is 10.1. The molecule has 0 amide bonds. The Morgan fingerprint density at radius 2 is 2.44 bits per heavy atom. The summed E-state index contributed by atoms with van der Waals surface area (Å²) in [4.78, 5) is 0. The van der Waals surface area contributed by atoms with Gasteiger partial charge in [-0.3, -0.25) is 4.39 Å². The molecule has 0 saturated heterocycles. The predicted molar refractivity (Wildman–Crippen MR) is 37.7 cm³/mol. The fraction of sp³-hybridized carbons (Fsp3) is 0.500. The summed E-state index contributed by atoms with van der Waals surface area (Å²) in [7, 11) is 0. The van der Waals surface area contributed by atoms with Gasteiger partial charge in [0.15, 0.2) is 0 Å². The van der Waals surface area contributed by atoms with Gasteiger partial charge in [0.25, 0.3) is 0 Å². The summed E-state index contributed by atoms with van der Waals surface area (Å²) in [6, 6.07) is 0. The van der Waals surface area contributed by atoms with Crippen molar-refractivity contribution in [1.29, 1.82) is 0 Å². The van der Waals surface area contributed by atoms with E-state index >= 15 is 0 Å². The summed E-state index contributed by atoms with van der Waals surface area (Å²) in [5.41, 5.74) is 0. The van der Waals surface area contributed by atoms with Crippen LogP contribution in [0.2, 0.25) is 0 Å². The minimum absolute atomic E-state index is 0.106. The van der Waals surface area contributed by atoms with Crippen LogP contribution >= 0.6 is 0 Å². The second-order valence-corrected chi connectivity index (χ2v) is 2.06. The first-order valence-corrected chi connectivity index (χ1v) is 2.98. The molecule has 0 bridgehead atoms. The summed E-state index contributed by atoms with van der Waals surface area (Å²) in [5.74, 6) is 2.45. The molecular weight excluding hydrogens is 115 g/mol. The van der Waals surface area contributed by atoms with Crippen molar-refractivity contribution in [2.75, 3.05) is 6.67 Å². The lowest BCUT2D eigenvalue weighted by Gasteiger charge is -1.98. The van der Waals surface area contributed by atoms with Gasteiger partial charge in [0.2, 0.25) is 0 Å². The maximum absolute atomic E-state index is 11.7. The van der Waals surface area contributed by atoms with Gasteiger partial charge in [-0.25, -0.2) is 0 Å². The van der Waals surface area contributed by atoms with Gasteiger partial charge in [-0.05, 0) is 18.4 Å². The summed E-state index contributed by atoms with van der Waals surface area (Å²) in [6.45, 7) is 1.58. The van der Waals surface area contributed by atoms with Crippen molar-refractivity contribution in [2.45, 2.75) is 13.3 Å². The second kappa shape index (κ2) is 5.37. The van der Waals surface area contributed by atoms with E-state index in [1.54, 1.807) is 6.08 Å². The number of terminal acetylenes is 1. The van der Waals surface area contributed by atoms with Gasteiger partial charge in [0.1, 0.15) is 0 Å². The molecule has 0 nitrogen and oxygen atoms in total.